The van der Waals surface area contributed by atoms with Gasteiger partial charge in [-0.25, -0.2) is 9.48 Å². The fraction of sp³-hybridized carbons (Fsp3) is 0.250. The number of carbonyl (C=O) groups excluding carboxylic acids is 3. The van der Waals surface area contributed by atoms with Crippen LogP contribution < -0.4 is 10.2 Å². The molecule has 1 saturated heterocycles. The van der Waals surface area contributed by atoms with Crippen molar-refractivity contribution in [3.63, 3.8) is 0 Å². The fourth-order valence-electron chi connectivity index (χ4n) is 3.88. The fourth-order valence-corrected chi connectivity index (χ4v) is 3.88. The van der Waals surface area contributed by atoms with E-state index >= 15 is 0 Å². The van der Waals surface area contributed by atoms with Crippen molar-refractivity contribution in [3.8, 4) is 5.69 Å². The van der Waals surface area contributed by atoms with Crippen LogP contribution in [-0.4, -0.2) is 45.1 Å². The van der Waals surface area contributed by atoms with E-state index in [1.807, 2.05) is 44.2 Å². The average Bonchev–Trinajstić information content (AvgIpc) is 3.17. The zero-order valence-electron chi connectivity index (χ0n) is 18.5. The van der Waals surface area contributed by atoms with Gasteiger partial charge in [0.05, 0.1) is 22.8 Å². The first-order chi connectivity index (χ1) is 15.3. The predicted octanol–water partition coefficient (Wildman–Crippen LogP) is 3.59. The van der Waals surface area contributed by atoms with Crippen molar-refractivity contribution in [2.75, 3.05) is 16.8 Å². The molecule has 1 unspecified atom stereocenters. The van der Waals surface area contributed by atoms with Crippen molar-refractivity contribution < 1.29 is 14.4 Å². The van der Waals surface area contributed by atoms with Crippen LogP contribution in [0.2, 0.25) is 0 Å². The van der Waals surface area contributed by atoms with E-state index in [-0.39, 0.29) is 6.54 Å². The Hall–Kier alpha value is -3.94. The molecule has 164 valence electrons. The zero-order valence-corrected chi connectivity index (χ0v) is 18.5. The van der Waals surface area contributed by atoms with Crippen LogP contribution in [0.1, 0.15) is 23.9 Å². The summed E-state index contributed by atoms with van der Waals surface area (Å²) < 4.78 is 1.76. The normalized spacial score (nSPS) is 16.1. The van der Waals surface area contributed by atoms with Gasteiger partial charge in [-0.1, -0.05) is 35.9 Å². The van der Waals surface area contributed by atoms with Gasteiger partial charge in [0.15, 0.2) is 0 Å². The summed E-state index contributed by atoms with van der Waals surface area (Å²) in [6, 6.07) is 15.7. The van der Waals surface area contributed by atoms with E-state index in [0.29, 0.717) is 17.1 Å². The van der Waals surface area contributed by atoms with E-state index in [1.165, 1.54) is 4.90 Å². The number of nitrogens with zero attached hydrogens (tertiary/aromatic N) is 4. The molecule has 1 atom stereocenters. The van der Waals surface area contributed by atoms with E-state index in [4.69, 9.17) is 0 Å². The summed E-state index contributed by atoms with van der Waals surface area (Å²) in [4.78, 5) is 40.8. The first kappa shape index (κ1) is 21.3. The van der Waals surface area contributed by atoms with Gasteiger partial charge < -0.3 is 5.32 Å². The first-order valence-corrected chi connectivity index (χ1v) is 10.4. The molecule has 4 rings (SSSR count). The summed E-state index contributed by atoms with van der Waals surface area (Å²) in [5.74, 6) is -0.860. The van der Waals surface area contributed by atoms with E-state index < -0.39 is 23.9 Å². The summed E-state index contributed by atoms with van der Waals surface area (Å²) >= 11 is 0. The lowest BCUT2D eigenvalue weighted by Gasteiger charge is -2.19. The Morgan fingerprint density at radius 1 is 0.969 bits per heavy atom. The minimum absolute atomic E-state index is 0.361. The molecule has 4 amide bonds. The van der Waals surface area contributed by atoms with Gasteiger partial charge in [-0.05, 0) is 52.0 Å². The molecule has 2 heterocycles. The first-order valence-electron chi connectivity index (χ1n) is 10.4. The third-order valence-electron chi connectivity index (χ3n) is 5.62. The Bertz CT molecular complexity index is 1180. The number of hydrogen-bond donors (Lipinski definition) is 1. The molecule has 1 fully saturated rings. The molecule has 3 aromatic rings. The van der Waals surface area contributed by atoms with Gasteiger partial charge in [-0.2, -0.15) is 5.10 Å². The van der Waals surface area contributed by atoms with Crippen molar-refractivity contribution in [1.82, 2.24) is 14.7 Å². The number of urea groups is 1. The molecule has 0 radical (unpaired) electrons. The highest BCUT2D eigenvalue weighted by molar-refractivity contribution is 6.16. The van der Waals surface area contributed by atoms with Gasteiger partial charge in [0.1, 0.15) is 12.6 Å². The Kier molecular flexibility index (Phi) is 5.52. The van der Waals surface area contributed by atoms with Crippen molar-refractivity contribution in [3.05, 3.63) is 71.5 Å². The van der Waals surface area contributed by atoms with E-state index in [2.05, 4.69) is 10.4 Å². The van der Waals surface area contributed by atoms with E-state index in [0.717, 1.165) is 21.8 Å². The summed E-state index contributed by atoms with van der Waals surface area (Å²) in [6.45, 7) is 6.97. The van der Waals surface area contributed by atoms with Crippen LogP contribution in [0.3, 0.4) is 0 Å². The summed E-state index contributed by atoms with van der Waals surface area (Å²) in [5, 5.41) is 7.37. The Morgan fingerprint density at radius 2 is 1.62 bits per heavy atom. The number of aromatic nitrogens is 2. The number of carbonyl (C=O) groups is 3. The minimum Gasteiger partial charge on any atom is -0.321 e. The number of amides is 4. The zero-order chi connectivity index (χ0) is 23.0. The number of imide groups is 1. The molecular weight excluding hydrogens is 406 g/mol. The Balaban J connectivity index is 1.51. The SMILES string of the molecule is Cc1ccc(-n2nc(C)c(NC(=O)CN3C(=O)C(C)N(c4ccccc4)C3=O)c2C)cc1. The highest BCUT2D eigenvalue weighted by Gasteiger charge is 2.44. The van der Waals surface area contributed by atoms with E-state index in [1.54, 1.807) is 42.8 Å². The highest BCUT2D eigenvalue weighted by Crippen LogP contribution is 2.26. The summed E-state index contributed by atoms with van der Waals surface area (Å²) in [5.41, 5.74) is 4.62. The van der Waals surface area contributed by atoms with Gasteiger partial charge in [0.25, 0.3) is 5.91 Å². The maximum Gasteiger partial charge on any atom is 0.332 e. The van der Waals surface area contributed by atoms with Gasteiger partial charge in [-0.15, -0.1) is 0 Å². The van der Waals surface area contributed by atoms with Crippen molar-refractivity contribution in [2.45, 2.75) is 33.7 Å². The van der Waals surface area contributed by atoms with Gasteiger partial charge in [-0.3, -0.25) is 19.4 Å². The van der Waals surface area contributed by atoms with Gasteiger partial charge in [0.2, 0.25) is 5.91 Å². The number of nitrogens with one attached hydrogen (secondary N) is 1. The van der Waals surface area contributed by atoms with Crippen molar-refractivity contribution >= 4 is 29.2 Å². The summed E-state index contributed by atoms with van der Waals surface area (Å²) in [7, 11) is 0. The van der Waals surface area contributed by atoms with Crippen LogP contribution in [0.4, 0.5) is 16.2 Å². The molecule has 0 aliphatic carbocycles. The number of anilines is 2. The predicted molar refractivity (Wildman–Crippen MR) is 122 cm³/mol. The van der Waals surface area contributed by atoms with E-state index in [9.17, 15) is 14.4 Å². The maximum atomic E-state index is 12.9. The van der Waals surface area contributed by atoms with Gasteiger partial charge in [0, 0.05) is 5.69 Å². The molecule has 1 aromatic heterocycles. The largest absolute Gasteiger partial charge is 0.332 e. The molecule has 8 nitrogen and oxygen atoms in total. The van der Waals surface area contributed by atoms with Crippen molar-refractivity contribution in [2.24, 2.45) is 0 Å². The third-order valence-corrected chi connectivity index (χ3v) is 5.62. The van der Waals surface area contributed by atoms with Crippen LogP contribution in [0.5, 0.6) is 0 Å². The second kappa shape index (κ2) is 8.30. The lowest BCUT2D eigenvalue weighted by molar-refractivity contribution is -0.130. The van der Waals surface area contributed by atoms with Crippen LogP contribution in [0.15, 0.2) is 54.6 Å². The smallest absolute Gasteiger partial charge is 0.321 e. The molecule has 0 bridgehead atoms. The topological polar surface area (TPSA) is 87.5 Å². The molecule has 0 spiro atoms. The van der Waals surface area contributed by atoms with Crippen molar-refractivity contribution in [1.29, 1.82) is 0 Å². The van der Waals surface area contributed by atoms with Crippen LogP contribution in [-0.2, 0) is 9.59 Å². The second-order valence-corrected chi connectivity index (χ2v) is 7.93. The molecule has 0 saturated carbocycles. The standard InChI is InChI=1S/C24H25N5O3/c1-15-10-12-20(13-11-15)29-17(3)22(16(2)26-29)25-21(30)14-27-23(31)18(4)28(24(27)32)19-8-6-5-7-9-19/h5-13,18H,14H2,1-4H3,(H,25,30). The van der Waals surface area contributed by atoms with Crippen LogP contribution in [0.25, 0.3) is 5.69 Å². The highest BCUT2D eigenvalue weighted by atomic mass is 16.2. The quantitative estimate of drug-likeness (QED) is 0.626. The number of rotatable bonds is 5. The number of aryl methyl sites for hydroxylation is 2. The lowest BCUT2D eigenvalue weighted by Crippen LogP contribution is -2.39. The second-order valence-electron chi connectivity index (χ2n) is 7.93. The molecule has 1 aliphatic rings. The molecule has 1 N–H and O–H groups in total. The number of para-hydroxylation sites is 1. The minimum atomic E-state index is -0.676. The Labute approximate surface area is 186 Å². The molecule has 1 aliphatic heterocycles. The number of hydrogen-bond acceptors (Lipinski definition) is 4. The van der Waals surface area contributed by atoms with Crippen LogP contribution >= 0.6 is 0 Å². The number of benzene rings is 2. The molecule has 2 aromatic carbocycles. The molecule has 32 heavy (non-hydrogen) atoms. The lowest BCUT2D eigenvalue weighted by atomic mass is 10.2. The van der Waals surface area contributed by atoms with Crippen LogP contribution in [0, 0.1) is 20.8 Å². The third kappa shape index (κ3) is 3.75. The maximum absolute atomic E-state index is 12.9. The monoisotopic (exact) mass is 431 g/mol. The average molecular weight is 431 g/mol. The molecular formula is C24H25N5O3. The Morgan fingerprint density at radius 3 is 2.28 bits per heavy atom. The van der Waals surface area contributed by atoms with Gasteiger partial charge >= 0.3 is 6.03 Å². The molecule has 8 heteroatoms. The summed E-state index contributed by atoms with van der Waals surface area (Å²) in [6.07, 6.45) is 0.